The third kappa shape index (κ3) is 4.21. The molecule has 1 aromatic heterocycles. The summed E-state index contributed by atoms with van der Waals surface area (Å²) in [5.74, 6) is 0.794. The van der Waals surface area contributed by atoms with Gasteiger partial charge in [0.25, 0.3) is 0 Å². The third-order valence-corrected chi connectivity index (χ3v) is 6.98. The highest BCUT2D eigenvalue weighted by Crippen LogP contribution is 2.32. The van der Waals surface area contributed by atoms with Crippen molar-refractivity contribution in [1.82, 2.24) is 10.2 Å². The standard InChI is InChI=1S/C23H29ClN2O4/c1-14-16-10-18(24)21(29-2)12-20(16)30-23(28)17(14)11-22(27)25-13-15-6-5-9-26-8-4-3-7-19(15)26/h10,12,15,19H,3-9,11,13H2,1-2H3,(H,25,27)/t15-,19+/m1/s1. The van der Waals surface area contributed by atoms with E-state index in [0.717, 1.165) is 12.0 Å². The van der Waals surface area contributed by atoms with Gasteiger partial charge >= 0.3 is 5.63 Å². The van der Waals surface area contributed by atoms with Gasteiger partial charge in [-0.3, -0.25) is 4.79 Å². The molecule has 1 aromatic carbocycles. The summed E-state index contributed by atoms with van der Waals surface area (Å²) in [6.07, 6.45) is 6.12. The number of rotatable bonds is 5. The molecule has 0 aliphatic carbocycles. The minimum Gasteiger partial charge on any atom is -0.495 e. The van der Waals surface area contributed by atoms with E-state index in [2.05, 4.69) is 10.2 Å². The predicted molar refractivity (Wildman–Crippen MR) is 117 cm³/mol. The van der Waals surface area contributed by atoms with Crippen LogP contribution in [0.4, 0.5) is 0 Å². The maximum absolute atomic E-state index is 12.7. The SMILES string of the molecule is COc1cc2oc(=O)c(CC(=O)NC[C@H]3CCCN4CCCC[C@@H]34)c(C)c2cc1Cl. The molecule has 30 heavy (non-hydrogen) atoms. The van der Waals surface area contributed by atoms with Crippen molar-refractivity contribution < 1.29 is 13.9 Å². The molecule has 0 saturated carbocycles. The van der Waals surface area contributed by atoms with Crippen LogP contribution in [0.1, 0.15) is 43.2 Å². The number of methoxy groups -OCH3 is 1. The Kier molecular flexibility index (Phi) is 6.34. The monoisotopic (exact) mass is 432 g/mol. The van der Waals surface area contributed by atoms with Crippen molar-refractivity contribution in [2.24, 2.45) is 5.92 Å². The molecule has 4 rings (SSSR count). The molecule has 2 aromatic rings. The van der Waals surface area contributed by atoms with Gasteiger partial charge < -0.3 is 19.4 Å². The maximum Gasteiger partial charge on any atom is 0.340 e. The Balaban J connectivity index is 1.47. The van der Waals surface area contributed by atoms with E-state index < -0.39 is 5.63 Å². The summed E-state index contributed by atoms with van der Waals surface area (Å²) in [6, 6.07) is 3.90. The number of halogens is 1. The van der Waals surface area contributed by atoms with Crippen molar-refractivity contribution in [1.29, 1.82) is 0 Å². The minimum atomic E-state index is -0.490. The number of fused-ring (bicyclic) bond motifs is 2. The molecule has 2 aliphatic rings. The van der Waals surface area contributed by atoms with Gasteiger partial charge in [-0.15, -0.1) is 0 Å². The number of hydrogen-bond acceptors (Lipinski definition) is 5. The zero-order valence-electron chi connectivity index (χ0n) is 17.6. The number of benzene rings is 1. The first-order valence-electron chi connectivity index (χ1n) is 10.8. The van der Waals surface area contributed by atoms with Crippen molar-refractivity contribution in [2.75, 3.05) is 26.7 Å². The summed E-state index contributed by atoms with van der Waals surface area (Å²) < 4.78 is 10.6. The summed E-state index contributed by atoms with van der Waals surface area (Å²) in [5, 5.41) is 4.23. The molecule has 2 aliphatic heterocycles. The molecule has 3 heterocycles. The number of ether oxygens (including phenoxy) is 1. The van der Waals surface area contributed by atoms with Crippen LogP contribution in [-0.4, -0.2) is 43.6 Å². The molecular formula is C23H29ClN2O4. The van der Waals surface area contributed by atoms with Crippen molar-refractivity contribution in [3.05, 3.63) is 38.7 Å². The Morgan fingerprint density at radius 3 is 2.87 bits per heavy atom. The van der Waals surface area contributed by atoms with E-state index in [9.17, 15) is 9.59 Å². The fourth-order valence-corrected chi connectivity index (χ4v) is 5.27. The minimum absolute atomic E-state index is 0.00879. The average Bonchev–Trinajstić information content (AvgIpc) is 2.75. The lowest BCUT2D eigenvalue weighted by Gasteiger charge is -2.44. The Morgan fingerprint density at radius 2 is 2.07 bits per heavy atom. The van der Waals surface area contributed by atoms with E-state index in [0.29, 0.717) is 45.8 Å². The zero-order chi connectivity index (χ0) is 21.3. The Hall–Kier alpha value is -2.05. The fourth-order valence-electron chi connectivity index (χ4n) is 5.03. The van der Waals surface area contributed by atoms with Crippen LogP contribution >= 0.6 is 11.6 Å². The quantitative estimate of drug-likeness (QED) is 0.729. The lowest BCUT2D eigenvalue weighted by atomic mass is 9.83. The molecule has 0 bridgehead atoms. The van der Waals surface area contributed by atoms with Gasteiger partial charge in [0.2, 0.25) is 5.91 Å². The largest absolute Gasteiger partial charge is 0.495 e. The van der Waals surface area contributed by atoms with Crippen molar-refractivity contribution in [2.45, 2.75) is 51.5 Å². The van der Waals surface area contributed by atoms with Crippen LogP contribution in [0.5, 0.6) is 5.75 Å². The maximum atomic E-state index is 12.7. The molecule has 1 N–H and O–H groups in total. The molecule has 7 heteroatoms. The second-order valence-corrected chi connectivity index (χ2v) is 8.87. The molecule has 2 atom stereocenters. The van der Waals surface area contributed by atoms with Gasteiger partial charge in [0.15, 0.2) is 0 Å². The van der Waals surface area contributed by atoms with Crippen molar-refractivity contribution >= 4 is 28.5 Å². The molecule has 1 amide bonds. The highest BCUT2D eigenvalue weighted by atomic mass is 35.5. The summed E-state index contributed by atoms with van der Waals surface area (Å²) >= 11 is 6.24. The van der Waals surface area contributed by atoms with Crippen LogP contribution in [0.3, 0.4) is 0 Å². The lowest BCUT2D eigenvalue weighted by Crippen LogP contribution is -2.51. The van der Waals surface area contributed by atoms with Gasteiger partial charge in [-0.05, 0) is 63.2 Å². The van der Waals surface area contributed by atoms with Gasteiger partial charge in [-0.1, -0.05) is 18.0 Å². The van der Waals surface area contributed by atoms with Crippen LogP contribution in [0.2, 0.25) is 5.02 Å². The van der Waals surface area contributed by atoms with Gasteiger partial charge in [-0.2, -0.15) is 0 Å². The van der Waals surface area contributed by atoms with Gasteiger partial charge in [0, 0.05) is 24.0 Å². The number of nitrogens with one attached hydrogen (secondary N) is 1. The van der Waals surface area contributed by atoms with Crippen LogP contribution < -0.4 is 15.7 Å². The summed E-state index contributed by atoms with van der Waals surface area (Å²) in [4.78, 5) is 27.8. The van der Waals surface area contributed by atoms with Gasteiger partial charge in [-0.25, -0.2) is 4.79 Å². The van der Waals surface area contributed by atoms with Gasteiger partial charge in [0.1, 0.15) is 11.3 Å². The van der Waals surface area contributed by atoms with Crippen molar-refractivity contribution in [3.63, 3.8) is 0 Å². The molecule has 2 saturated heterocycles. The highest BCUT2D eigenvalue weighted by Gasteiger charge is 2.33. The van der Waals surface area contributed by atoms with Crippen molar-refractivity contribution in [3.8, 4) is 5.75 Å². The molecular weight excluding hydrogens is 404 g/mol. The molecule has 0 spiro atoms. The van der Waals surface area contributed by atoms with E-state index in [1.807, 2.05) is 6.92 Å². The Labute approximate surface area is 181 Å². The summed E-state index contributed by atoms with van der Waals surface area (Å²) in [5.41, 5.74) is 1.01. The number of carbonyl (C=O) groups is 1. The number of amides is 1. The normalized spacial score (nSPS) is 22.0. The van der Waals surface area contributed by atoms with Crippen LogP contribution in [0.15, 0.2) is 21.3 Å². The first-order valence-corrected chi connectivity index (χ1v) is 11.2. The Bertz CT molecular complexity index is 1000. The second kappa shape index (κ2) is 8.98. The molecule has 2 fully saturated rings. The second-order valence-electron chi connectivity index (χ2n) is 8.46. The average molecular weight is 433 g/mol. The number of nitrogens with zero attached hydrogens (tertiary/aromatic N) is 1. The first-order chi connectivity index (χ1) is 14.5. The van der Waals surface area contributed by atoms with E-state index >= 15 is 0 Å². The number of piperidine rings is 2. The fraction of sp³-hybridized carbons (Fsp3) is 0.565. The Morgan fingerprint density at radius 1 is 1.27 bits per heavy atom. The molecule has 0 unspecified atom stereocenters. The topological polar surface area (TPSA) is 71.8 Å². The number of carbonyl (C=O) groups excluding carboxylic acids is 1. The predicted octanol–water partition coefficient (Wildman–Crippen LogP) is 3.69. The van der Waals surface area contributed by atoms with E-state index in [-0.39, 0.29) is 12.3 Å². The highest BCUT2D eigenvalue weighted by molar-refractivity contribution is 6.32. The molecule has 162 valence electrons. The van der Waals surface area contributed by atoms with Crippen LogP contribution in [-0.2, 0) is 11.2 Å². The zero-order valence-corrected chi connectivity index (χ0v) is 18.4. The third-order valence-electron chi connectivity index (χ3n) is 6.69. The van der Waals surface area contributed by atoms with Crippen LogP contribution in [0.25, 0.3) is 11.0 Å². The molecule has 0 radical (unpaired) electrons. The smallest absolute Gasteiger partial charge is 0.340 e. The van der Waals surface area contributed by atoms with E-state index in [1.165, 1.54) is 45.9 Å². The van der Waals surface area contributed by atoms with E-state index in [4.69, 9.17) is 20.8 Å². The summed E-state index contributed by atoms with van der Waals surface area (Å²) in [7, 11) is 1.51. The number of hydrogen-bond donors (Lipinski definition) is 1. The summed E-state index contributed by atoms with van der Waals surface area (Å²) in [6.45, 7) is 4.85. The van der Waals surface area contributed by atoms with Crippen LogP contribution in [0, 0.1) is 12.8 Å². The first kappa shape index (κ1) is 21.2. The van der Waals surface area contributed by atoms with Gasteiger partial charge in [0.05, 0.1) is 24.1 Å². The lowest BCUT2D eigenvalue weighted by molar-refractivity contribution is -0.120. The number of aryl methyl sites for hydroxylation is 1. The molecule has 6 nitrogen and oxygen atoms in total. The van der Waals surface area contributed by atoms with E-state index in [1.54, 1.807) is 12.1 Å².